The van der Waals surface area contributed by atoms with Crippen LogP contribution in [-0.2, 0) is 81.8 Å². The van der Waals surface area contributed by atoms with Crippen molar-refractivity contribution in [3.8, 4) is 5.75 Å². The number of phosphoric acid groups is 3. The second kappa shape index (κ2) is 45.3. The number of benzene rings is 4. The quantitative estimate of drug-likeness (QED) is 0.00839. The van der Waals surface area contributed by atoms with Gasteiger partial charge in [0.2, 0.25) is 0 Å². The molecule has 6 fully saturated rings. The maximum absolute atomic E-state index is 14.0. The van der Waals surface area contributed by atoms with Crippen LogP contribution >= 0.6 is 58.3 Å². The van der Waals surface area contributed by atoms with Gasteiger partial charge in [-0.3, -0.25) is 60.0 Å². The number of non-ortho nitro benzene ring substituents is 1. The van der Waals surface area contributed by atoms with Crippen molar-refractivity contribution in [1.82, 2.24) is 33.6 Å². The predicted octanol–water partition coefficient (Wildman–Crippen LogP) is 18.3. The minimum Gasteiger partial charge on any atom is -0.408 e. The molecule has 138 heavy (non-hydrogen) atoms. The number of nitrogens with zero attached hydrogens (tertiary/aromatic N) is 9. The fourth-order valence-corrected chi connectivity index (χ4v) is 23.7. The van der Waals surface area contributed by atoms with E-state index in [1.54, 1.807) is 23.5 Å². The third kappa shape index (κ3) is 28.5. The van der Waals surface area contributed by atoms with Gasteiger partial charge in [-0.05, 0) is 157 Å². The van der Waals surface area contributed by atoms with Crippen molar-refractivity contribution in [2.24, 2.45) is 4.99 Å². The van der Waals surface area contributed by atoms with E-state index in [2.05, 4.69) is 155 Å². The number of aromatic nitrogens is 6. The maximum Gasteiger partial charge on any atom is 0.530 e. The Bertz CT molecular complexity index is 5790. The standard InChI is InChI=1S/C30H48ClFN3O8PSi2.C24H46N4O5Si2.C18H20ClFN3O8P.C15H12ClFNO6P/c1-29(2,3)45(7,8)42-25-23(18-39-44(37)38-16-14-22(41-44)20-17-19(32)11-12-21(20)31)40-27(35-15-13-24(33)34-28(35)36)26(25)43-46(9,10)30(4,5)6;1-23(2,3)34(9,10)32-19-17(15-29)31-21(20(19)33-35(11,12)24(4,5)6)28-14-13-18(26-22(28)30)25-16-27(7)8;19-11-2-1-9(20)7-10(11)12-4-6-28-32(27,31-12)29-8-13-15(24)16(25)17(30-13)23-5-3-14(21)22-18(23)26;16-14-6-1-10(17)9-13(14)15-7-8-22-25(21,24-15)23-12-4-2-11(3-5-12)18(19)20/h11-13,15,17,22-23,25-27H,14,16,18H2,1-10H3,(H2,33,34,36);13-14,16-17,19-21,29H,15H2,1-12H3;1-3,5,7,12-13,15-17,24-25H,4,6,8H2,(H2,21,22,26);1-6,9,15H,7-8H2/t22-,23-,25-,26+,27-,44+;17-,19-,20+,21-;12-,13-,15-,16+,17-,32+;15-,25-/m1111/s1. The van der Waals surface area contributed by atoms with E-state index < -0.39 is 195 Å². The minimum atomic E-state index is -4.16. The molecular formula is C87H126Cl3F3N11O27P3Si4. The van der Waals surface area contributed by atoms with Gasteiger partial charge in [-0.1, -0.05) is 118 Å². The van der Waals surface area contributed by atoms with E-state index in [0.717, 1.165) is 4.57 Å². The Morgan fingerprint density at radius 1 is 0.507 bits per heavy atom. The topological polar surface area (TPSA) is 475 Å². The van der Waals surface area contributed by atoms with Crippen LogP contribution in [0.15, 0.2) is 135 Å². The van der Waals surface area contributed by atoms with Crippen LogP contribution in [-0.4, -0.2) is 202 Å². The molecule has 0 bridgehead atoms. The number of aliphatic hydroxyl groups is 3. The zero-order valence-corrected chi connectivity index (χ0v) is 90.0. The summed E-state index contributed by atoms with van der Waals surface area (Å²) in [5.41, 5.74) is 10.2. The first-order valence-electron chi connectivity index (χ1n) is 44.4. The third-order valence-electron chi connectivity index (χ3n) is 25.4. The van der Waals surface area contributed by atoms with Crippen molar-refractivity contribution in [1.29, 1.82) is 0 Å². The summed E-state index contributed by atoms with van der Waals surface area (Å²) in [4.78, 5) is 65.9. The number of ether oxygens (including phenoxy) is 3. The van der Waals surface area contributed by atoms with E-state index in [9.17, 15) is 66.7 Å². The first-order valence-corrected chi connectivity index (χ1v) is 61.5. The number of anilines is 2. The maximum atomic E-state index is 14.0. The van der Waals surface area contributed by atoms with E-state index in [-0.39, 0.29) is 97.7 Å². The lowest BCUT2D eigenvalue weighted by atomic mass is 10.1. The molecule has 9 heterocycles. The number of rotatable bonds is 26. The summed E-state index contributed by atoms with van der Waals surface area (Å²) in [5.74, 6) is -1.08. The van der Waals surface area contributed by atoms with Crippen molar-refractivity contribution < 1.29 is 120 Å². The molecule has 0 aliphatic carbocycles. The number of hydrogen-bond acceptors (Lipinski definition) is 33. The molecule has 13 rings (SSSR count). The highest BCUT2D eigenvalue weighted by Gasteiger charge is 2.58. The van der Waals surface area contributed by atoms with Gasteiger partial charge in [-0.2, -0.15) is 15.0 Å². The van der Waals surface area contributed by atoms with Gasteiger partial charge in [-0.15, -0.1) is 0 Å². The molecule has 6 saturated heterocycles. The molecule has 7 N–H and O–H groups in total. The van der Waals surface area contributed by atoms with Crippen molar-refractivity contribution in [2.45, 2.75) is 267 Å². The minimum absolute atomic E-state index is 0.0133. The van der Waals surface area contributed by atoms with Gasteiger partial charge in [0.1, 0.15) is 89.8 Å². The van der Waals surface area contributed by atoms with Crippen LogP contribution in [0, 0.1) is 27.6 Å². The van der Waals surface area contributed by atoms with Crippen molar-refractivity contribution >= 4 is 121 Å². The molecule has 0 saturated carbocycles. The van der Waals surface area contributed by atoms with Crippen LogP contribution in [0.25, 0.3) is 0 Å². The number of nitrogens with two attached hydrogens (primary N) is 2. The van der Waals surface area contributed by atoms with E-state index in [1.807, 2.05) is 14.1 Å². The Hall–Kier alpha value is -6.71. The van der Waals surface area contributed by atoms with E-state index >= 15 is 0 Å². The summed E-state index contributed by atoms with van der Waals surface area (Å²) in [6.07, 6.45) is -6.73. The summed E-state index contributed by atoms with van der Waals surface area (Å²) < 4.78 is 179. The lowest BCUT2D eigenvalue weighted by Crippen LogP contribution is -2.54. The summed E-state index contributed by atoms with van der Waals surface area (Å²) in [6.45, 7) is 42.0. The molecule has 764 valence electrons. The number of aliphatic imine (C=N–C) groups is 1. The number of nitro groups is 1. The SMILES string of the molecule is CC(C)(C)[Si](C)(C)O[C@H]1[C@H](O[Si](C)(C)C(C)(C)C)[C@@H](CO[P@]2(=O)OCC[C@H](c3cc(F)ccc3Cl)O2)O[C@H]1n1ccc(N)nc1=O.CN(C)C=Nc1ccn([C@@H]2O[C@H](CO)[C@@H](O[Si](C)(C)C(C)(C)C)[C@@H]2O[Si](C)(C)C(C)(C)C)c(=O)n1.Nc1ccn([C@@H]2O[C@H](CO[P@]3(=O)OCC[C@H](c4cc(F)ccc4Cl)O3)[C@@H](O)[C@@H]2O)c(=O)n1.O=[N+]([O-])c1ccc(O[P@@]2(=O)OCC[C@H](c3cc(F)ccc3Cl)O2)cc1. The lowest BCUT2D eigenvalue weighted by Gasteiger charge is -2.44. The van der Waals surface area contributed by atoms with E-state index in [4.69, 9.17) is 119 Å². The highest BCUT2D eigenvalue weighted by Crippen LogP contribution is 2.61. The summed E-state index contributed by atoms with van der Waals surface area (Å²) >= 11 is 18.5. The van der Waals surface area contributed by atoms with Crippen LogP contribution in [0.1, 0.15) is 156 Å². The van der Waals surface area contributed by atoms with Gasteiger partial charge in [0.25, 0.3) is 5.69 Å². The molecule has 0 amide bonds. The largest absolute Gasteiger partial charge is 0.530 e. The second-order valence-electron chi connectivity index (χ2n) is 39.9. The van der Waals surface area contributed by atoms with Crippen molar-refractivity contribution in [3.05, 3.63) is 206 Å². The Morgan fingerprint density at radius 2 is 0.848 bits per heavy atom. The molecule has 18 atom stereocenters. The molecule has 3 aromatic heterocycles. The average Bonchev–Trinajstić information content (AvgIpc) is 1.60. The first-order chi connectivity index (χ1) is 63.9. The molecule has 0 unspecified atom stereocenters. The Labute approximate surface area is 818 Å². The van der Waals surface area contributed by atoms with E-state index in [1.165, 1.54) is 113 Å². The molecule has 4 aromatic carbocycles. The van der Waals surface area contributed by atoms with Gasteiger partial charge in [0.15, 0.2) is 57.8 Å². The predicted molar refractivity (Wildman–Crippen MR) is 521 cm³/mol. The first kappa shape index (κ1) is 113. The molecule has 6 aliphatic rings. The van der Waals surface area contributed by atoms with Crippen molar-refractivity contribution in [3.63, 3.8) is 0 Å². The number of halogens is 6. The van der Waals surface area contributed by atoms with Gasteiger partial charge in [0, 0.05) is 95.8 Å². The zero-order chi connectivity index (χ0) is 103. The normalized spacial score (nSPS) is 27.3. The van der Waals surface area contributed by atoms with Gasteiger partial charge in [0.05, 0.1) is 69.2 Å². The van der Waals surface area contributed by atoms with Crippen LogP contribution in [0.3, 0.4) is 0 Å². The fraction of sp³-hybridized carbons (Fsp3) is 0.575. The number of nitro benzene ring substituents is 1. The van der Waals surface area contributed by atoms with E-state index in [0.29, 0.717) is 35.3 Å². The molecule has 6 aliphatic heterocycles. The Morgan fingerprint density at radius 3 is 1.22 bits per heavy atom. The van der Waals surface area contributed by atoms with Crippen LogP contribution in [0.2, 0.25) is 87.6 Å². The Balaban J connectivity index is 0.000000194. The monoisotopic (exact) mass is 2120 g/mol. The molecule has 0 spiro atoms. The highest BCUT2D eigenvalue weighted by atomic mass is 35.5. The average molecular weight is 2130 g/mol. The summed E-state index contributed by atoms with van der Waals surface area (Å²) in [6, 6.07) is 20.9. The zero-order valence-electron chi connectivity index (χ0n) is 81.0. The van der Waals surface area contributed by atoms with Gasteiger partial charge < -0.3 is 68.1 Å². The van der Waals surface area contributed by atoms with Crippen LogP contribution in [0.5, 0.6) is 5.75 Å². The lowest BCUT2D eigenvalue weighted by molar-refractivity contribution is -0.384. The number of aliphatic hydroxyl groups excluding tert-OH is 3. The molecule has 51 heteroatoms. The summed E-state index contributed by atoms with van der Waals surface area (Å²) in [7, 11) is -18.1. The van der Waals surface area contributed by atoms with Crippen LogP contribution in [0.4, 0.5) is 36.3 Å². The molecule has 7 aromatic rings. The Kier molecular flexibility index (Phi) is 37.2. The van der Waals surface area contributed by atoms with Gasteiger partial charge >= 0.3 is 40.5 Å². The number of phosphoric ester groups is 3. The molecule has 0 radical (unpaired) electrons. The molecule has 38 nitrogen and oxygen atoms in total. The molecular weight excluding hydrogens is 2000 g/mol. The highest BCUT2D eigenvalue weighted by molar-refractivity contribution is 7.49. The number of nitrogen functional groups attached to an aromatic ring is 2. The van der Waals surface area contributed by atoms with Crippen LogP contribution < -0.4 is 33.1 Å². The second-order valence-corrected chi connectivity index (χ2v) is 65.0. The van der Waals surface area contributed by atoms with Crippen molar-refractivity contribution in [2.75, 3.05) is 65.2 Å². The fourth-order valence-electron chi connectivity index (χ4n) is 13.7. The third-order valence-corrected chi connectivity index (χ3v) is 48.8. The summed E-state index contributed by atoms with van der Waals surface area (Å²) in [5, 5.41) is 41.8. The smallest absolute Gasteiger partial charge is 0.408 e. The van der Waals surface area contributed by atoms with Gasteiger partial charge in [-0.25, -0.2) is 46.2 Å². The number of hydrogen-bond donors (Lipinski definition) is 5.